The number of allylic oxidation sites excluding steroid dienone is 6. The first-order valence-electron chi connectivity index (χ1n) is 6.40. The molecule has 1 heterocycles. The van der Waals surface area contributed by atoms with Crippen molar-refractivity contribution in [2.24, 2.45) is 0 Å². The van der Waals surface area contributed by atoms with Gasteiger partial charge in [0.05, 0.1) is 0 Å². The molecule has 0 radical (unpaired) electrons. The van der Waals surface area contributed by atoms with Crippen molar-refractivity contribution in [2.75, 3.05) is 0 Å². The molecule has 0 fully saturated rings. The molecule has 0 aliphatic carbocycles. The van der Waals surface area contributed by atoms with Crippen LogP contribution in [0.4, 0.5) is 0 Å². The van der Waals surface area contributed by atoms with Crippen LogP contribution in [0.2, 0.25) is 0 Å². The molecular weight excluding hydrogens is 268 g/mol. The summed E-state index contributed by atoms with van der Waals surface area (Å²) in [6.07, 6.45) is 11.0. The Bertz CT molecular complexity index is 599. The van der Waals surface area contributed by atoms with Gasteiger partial charge >= 0.3 is 5.97 Å². The van der Waals surface area contributed by atoms with Crippen molar-refractivity contribution in [3.05, 3.63) is 62.9 Å². The fourth-order valence-electron chi connectivity index (χ4n) is 1.69. The van der Waals surface area contributed by atoms with E-state index in [9.17, 15) is 4.79 Å². The number of hydrogen-bond donors (Lipinski definition) is 1. The molecule has 0 atom stereocenters. The van der Waals surface area contributed by atoms with E-state index in [0.29, 0.717) is 0 Å². The Balaban J connectivity index is 2.69. The van der Waals surface area contributed by atoms with Crippen LogP contribution in [0.15, 0.2) is 47.6 Å². The topological polar surface area (TPSA) is 37.3 Å². The number of carbonyl (C=O) groups is 1. The maximum Gasteiger partial charge on any atom is 0.328 e. The molecule has 20 heavy (non-hydrogen) atoms. The average Bonchev–Trinajstić information content (AvgIpc) is 2.64. The van der Waals surface area contributed by atoms with Crippen LogP contribution in [0, 0.1) is 13.8 Å². The number of carboxylic acid groups (broad SMARTS) is 1. The third-order valence-electron chi connectivity index (χ3n) is 2.67. The fraction of sp³-hybridized carbons (Fsp3) is 0.235. The predicted octanol–water partition coefficient (Wildman–Crippen LogP) is 4.91. The summed E-state index contributed by atoms with van der Waals surface area (Å²) in [5, 5.41) is 8.59. The molecule has 0 amide bonds. The number of thiophene rings is 1. The van der Waals surface area contributed by atoms with Crippen LogP contribution >= 0.6 is 11.3 Å². The van der Waals surface area contributed by atoms with E-state index in [1.54, 1.807) is 24.3 Å². The van der Waals surface area contributed by atoms with Gasteiger partial charge in [0.15, 0.2) is 0 Å². The summed E-state index contributed by atoms with van der Waals surface area (Å²) in [6.45, 7) is 8.01. The van der Waals surface area contributed by atoms with Gasteiger partial charge in [0.25, 0.3) is 0 Å². The van der Waals surface area contributed by atoms with E-state index in [0.717, 1.165) is 11.1 Å². The Morgan fingerprint density at radius 3 is 2.45 bits per heavy atom. The molecule has 0 saturated carbocycles. The lowest BCUT2D eigenvalue weighted by molar-refractivity contribution is -0.131. The summed E-state index contributed by atoms with van der Waals surface area (Å²) in [5.74, 6) is -0.920. The predicted molar refractivity (Wildman–Crippen MR) is 87.1 cm³/mol. The van der Waals surface area contributed by atoms with Gasteiger partial charge < -0.3 is 5.11 Å². The minimum atomic E-state index is -0.920. The monoisotopic (exact) mass is 288 g/mol. The fourth-order valence-corrected chi connectivity index (χ4v) is 2.60. The van der Waals surface area contributed by atoms with E-state index in [1.807, 2.05) is 19.1 Å². The molecule has 3 heteroatoms. The van der Waals surface area contributed by atoms with Crippen LogP contribution in [-0.4, -0.2) is 11.1 Å². The van der Waals surface area contributed by atoms with Crippen molar-refractivity contribution < 1.29 is 9.90 Å². The molecule has 0 bridgehead atoms. The lowest BCUT2D eigenvalue weighted by atomic mass is 10.1. The average molecular weight is 288 g/mol. The highest BCUT2D eigenvalue weighted by atomic mass is 32.1. The molecule has 1 aromatic heterocycles. The summed E-state index contributed by atoms with van der Waals surface area (Å²) >= 11 is 1.80. The summed E-state index contributed by atoms with van der Waals surface area (Å²) in [5.41, 5.74) is 3.09. The third kappa shape index (κ3) is 5.85. The molecule has 0 aliphatic heterocycles. The summed E-state index contributed by atoms with van der Waals surface area (Å²) < 4.78 is 0. The zero-order valence-corrected chi connectivity index (χ0v) is 13.1. The van der Waals surface area contributed by atoms with E-state index in [2.05, 4.69) is 32.1 Å². The summed E-state index contributed by atoms with van der Waals surface area (Å²) in [4.78, 5) is 13.1. The molecule has 0 aromatic carbocycles. The van der Waals surface area contributed by atoms with Gasteiger partial charge in [0, 0.05) is 15.8 Å². The van der Waals surface area contributed by atoms with Gasteiger partial charge in [0.1, 0.15) is 0 Å². The van der Waals surface area contributed by atoms with Gasteiger partial charge in [0.2, 0.25) is 0 Å². The molecule has 0 unspecified atom stereocenters. The molecule has 0 saturated heterocycles. The van der Waals surface area contributed by atoms with Gasteiger partial charge in [-0.2, -0.15) is 0 Å². The summed E-state index contributed by atoms with van der Waals surface area (Å²) in [7, 11) is 0. The Labute approximate surface area is 124 Å². The van der Waals surface area contributed by atoms with Crippen molar-refractivity contribution in [1.82, 2.24) is 0 Å². The van der Waals surface area contributed by atoms with Crippen LogP contribution < -0.4 is 0 Å². The molecule has 1 N–H and O–H groups in total. The summed E-state index contributed by atoms with van der Waals surface area (Å²) in [6, 6.07) is 2.18. The van der Waals surface area contributed by atoms with Crippen molar-refractivity contribution in [2.45, 2.75) is 27.7 Å². The molecular formula is C17H20O2S. The van der Waals surface area contributed by atoms with Crippen LogP contribution in [0.25, 0.3) is 6.08 Å². The van der Waals surface area contributed by atoms with E-state index in [-0.39, 0.29) is 0 Å². The minimum absolute atomic E-state index is 0.717. The molecule has 2 nitrogen and oxygen atoms in total. The standard InChI is InChI=1S/C17H20O2S/c1-12(6-5-7-13(2)10-17(18)19)8-9-16-11-14(3)20-15(16)4/h5-11H,1-4H3,(H,18,19)/b7-5+,9-8+,12-6+,13-10+. The molecule has 0 aliphatic rings. The minimum Gasteiger partial charge on any atom is -0.478 e. The zero-order chi connectivity index (χ0) is 15.1. The molecule has 1 rings (SSSR count). The van der Waals surface area contributed by atoms with Crippen LogP contribution in [-0.2, 0) is 4.79 Å². The van der Waals surface area contributed by atoms with E-state index in [4.69, 9.17) is 5.11 Å². The normalized spacial score (nSPS) is 13.6. The maximum atomic E-state index is 10.5. The number of aliphatic carboxylic acids is 1. The van der Waals surface area contributed by atoms with Crippen molar-refractivity contribution in [3.8, 4) is 0 Å². The largest absolute Gasteiger partial charge is 0.478 e. The van der Waals surface area contributed by atoms with Gasteiger partial charge in [-0.25, -0.2) is 4.79 Å². The highest BCUT2D eigenvalue weighted by Gasteiger charge is 1.97. The second kappa shape index (κ2) is 7.65. The first kappa shape index (κ1) is 16.2. The number of carboxylic acids is 1. The van der Waals surface area contributed by atoms with Crippen LogP contribution in [0.5, 0.6) is 0 Å². The first-order chi connectivity index (χ1) is 9.38. The highest BCUT2D eigenvalue weighted by Crippen LogP contribution is 2.22. The Hall–Kier alpha value is -1.87. The van der Waals surface area contributed by atoms with Gasteiger partial charge in [-0.1, -0.05) is 36.0 Å². The Kier molecular flexibility index (Phi) is 6.19. The number of hydrogen-bond acceptors (Lipinski definition) is 2. The zero-order valence-electron chi connectivity index (χ0n) is 12.3. The van der Waals surface area contributed by atoms with Crippen molar-refractivity contribution in [1.29, 1.82) is 0 Å². The van der Waals surface area contributed by atoms with Gasteiger partial charge in [-0.05, 0) is 44.9 Å². The van der Waals surface area contributed by atoms with E-state index >= 15 is 0 Å². The maximum absolute atomic E-state index is 10.5. The van der Waals surface area contributed by atoms with Gasteiger partial charge in [-0.3, -0.25) is 0 Å². The van der Waals surface area contributed by atoms with Crippen molar-refractivity contribution in [3.63, 3.8) is 0 Å². The first-order valence-corrected chi connectivity index (χ1v) is 7.21. The smallest absolute Gasteiger partial charge is 0.328 e. The van der Waals surface area contributed by atoms with Crippen LogP contribution in [0.1, 0.15) is 29.2 Å². The second-order valence-electron chi connectivity index (χ2n) is 4.70. The quantitative estimate of drug-likeness (QED) is 0.617. The van der Waals surface area contributed by atoms with E-state index < -0.39 is 5.97 Å². The second-order valence-corrected chi connectivity index (χ2v) is 6.16. The molecule has 106 valence electrons. The molecule has 0 spiro atoms. The SMILES string of the molecule is CC(/C=C/c1cc(C)sc1C)=C\C=C\C(C)=C\C(=O)O. The van der Waals surface area contributed by atoms with Crippen LogP contribution in [0.3, 0.4) is 0 Å². The lowest BCUT2D eigenvalue weighted by Gasteiger charge is -1.92. The van der Waals surface area contributed by atoms with Crippen molar-refractivity contribution >= 4 is 23.4 Å². The molecule has 1 aromatic rings. The number of rotatable bonds is 5. The Morgan fingerprint density at radius 1 is 1.20 bits per heavy atom. The Morgan fingerprint density at radius 2 is 1.90 bits per heavy atom. The van der Waals surface area contributed by atoms with E-state index in [1.165, 1.54) is 21.4 Å². The third-order valence-corrected chi connectivity index (χ3v) is 3.66. The highest BCUT2D eigenvalue weighted by molar-refractivity contribution is 7.12. The lowest BCUT2D eigenvalue weighted by Crippen LogP contribution is -1.87. The van der Waals surface area contributed by atoms with Gasteiger partial charge in [-0.15, -0.1) is 11.3 Å². The number of aryl methyl sites for hydroxylation is 2.